The Kier molecular flexibility index (Phi) is 5.85. The average Bonchev–Trinajstić information content (AvgIpc) is 3.25. The molecule has 2 heterocycles. The van der Waals surface area contributed by atoms with Crippen LogP contribution < -0.4 is 9.47 Å². The fraction of sp³-hybridized carbons (Fsp3) is 0.389. The number of benzene rings is 1. The van der Waals surface area contributed by atoms with Gasteiger partial charge < -0.3 is 14.2 Å². The molecule has 8 nitrogen and oxygen atoms in total. The van der Waals surface area contributed by atoms with Gasteiger partial charge in [0, 0.05) is 13.7 Å². The highest BCUT2D eigenvalue weighted by molar-refractivity contribution is 5.31. The number of hydrogen-bond donors (Lipinski definition) is 0. The van der Waals surface area contributed by atoms with E-state index in [1.54, 1.807) is 15.6 Å². The minimum atomic E-state index is 0.264. The maximum absolute atomic E-state index is 5.78. The number of aryl methyl sites for hydroxylation is 1. The Morgan fingerprint density at radius 1 is 0.962 bits per heavy atom. The molecule has 0 bridgehead atoms. The first kappa shape index (κ1) is 17.9. The minimum Gasteiger partial charge on any atom is -0.494 e. The summed E-state index contributed by atoms with van der Waals surface area (Å²) in [6.45, 7) is 5.79. The lowest BCUT2D eigenvalue weighted by molar-refractivity contribution is 0.126. The van der Waals surface area contributed by atoms with Crippen molar-refractivity contribution in [1.29, 1.82) is 0 Å². The molecule has 0 N–H and O–H groups in total. The van der Waals surface area contributed by atoms with E-state index in [0.29, 0.717) is 31.5 Å². The Balaban J connectivity index is 1.72. The standard InChI is InChI=1S/C18H23N5O3/c1-4-24-13-18-20-17(21-23(18)14-10-19-22(3)11-14)12-26-16-8-6-15(7-9-16)25-5-2/h6-11H,4-5,12-13H2,1-3H3. The zero-order valence-corrected chi connectivity index (χ0v) is 15.3. The first-order valence-electron chi connectivity index (χ1n) is 8.56. The van der Waals surface area contributed by atoms with Crippen LogP contribution in [-0.4, -0.2) is 37.8 Å². The van der Waals surface area contributed by atoms with Gasteiger partial charge in [0.2, 0.25) is 0 Å². The maximum atomic E-state index is 5.78. The van der Waals surface area contributed by atoms with Crippen molar-refractivity contribution in [3.8, 4) is 17.2 Å². The van der Waals surface area contributed by atoms with Crippen molar-refractivity contribution in [2.45, 2.75) is 27.1 Å². The van der Waals surface area contributed by atoms with Gasteiger partial charge in [0.15, 0.2) is 11.6 Å². The highest BCUT2D eigenvalue weighted by Gasteiger charge is 2.13. The van der Waals surface area contributed by atoms with Gasteiger partial charge >= 0.3 is 0 Å². The second-order valence-electron chi connectivity index (χ2n) is 5.56. The molecule has 0 atom stereocenters. The molecule has 0 amide bonds. The summed E-state index contributed by atoms with van der Waals surface area (Å²) in [5.41, 5.74) is 0.835. The Labute approximate surface area is 152 Å². The van der Waals surface area contributed by atoms with Gasteiger partial charge in [-0.3, -0.25) is 4.68 Å². The van der Waals surface area contributed by atoms with E-state index in [9.17, 15) is 0 Å². The lowest BCUT2D eigenvalue weighted by Crippen LogP contribution is -2.04. The molecule has 3 aromatic rings. The summed E-state index contributed by atoms with van der Waals surface area (Å²) < 4.78 is 20.2. The van der Waals surface area contributed by atoms with Crippen LogP contribution in [0.4, 0.5) is 0 Å². The van der Waals surface area contributed by atoms with Crippen molar-refractivity contribution < 1.29 is 14.2 Å². The maximum Gasteiger partial charge on any atom is 0.188 e. The number of nitrogens with zero attached hydrogens (tertiary/aromatic N) is 5. The molecule has 138 valence electrons. The molecular weight excluding hydrogens is 334 g/mol. The quantitative estimate of drug-likeness (QED) is 0.586. The van der Waals surface area contributed by atoms with Crippen LogP contribution in [0.3, 0.4) is 0 Å². The van der Waals surface area contributed by atoms with E-state index < -0.39 is 0 Å². The molecule has 0 aliphatic rings. The SMILES string of the molecule is CCOCc1nc(COc2ccc(OCC)cc2)nn1-c1cnn(C)c1. The molecule has 0 spiro atoms. The molecule has 2 aromatic heterocycles. The van der Waals surface area contributed by atoms with Crippen molar-refractivity contribution in [2.24, 2.45) is 7.05 Å². The van der Waals surface area contributed by atoms with Crippen molar-refractivity contribution in [3.05, 3.63) is 48.3 Å². The summed E-state index contributed by atoms with van der Waals surface area (Å²) in [7, 11) is 1.86. The number of rotatable bonds is 9. The molecule has 0 radical (unpaired) electrons. The third kappa shape index (κ3) is 4.40. The van der Waals surface area contributed by atoms with Gasteiger partial charge in [-0.1, -0.05) is 0 Å². The highest BCUT2D eigenvalue weighted by Crippen LogP contribution is 2.18. The second-order valence-corrected chi connectivity index (χ2v) is 5.56. The predicted octanol–water partition coefficient (Wildman–Crippen LogP) is 2.52. The van der Waals surface area contributed by atoms with E-state index in [0.717, 1.165) is 17.2 Å². The summed E-state index contributed by atoms with van der Waals surface area (Å²) in [5, 5.41) is 8.72. The largest absolute Gasteiger partial charge is 0.494 e. The summed E-state index contributed by atoms with van der Waals surface area (Å²) in [5.74, 6) is 2.85. The molecule has 0 aliphatic carbocycles. The van der Waals surface area contributed by atoms with Gasteiger partial charge in [0.05, 0.1) is 19.0 Å². The zero-order valence-electron chi connectivity index (χ0n) is 15.3. The van der Waals surface area contributed by atoms with Gasteiger partial charge in [-0.05, 0) is 38.1 Å². The molecule has 3 rings (SSSR count). The smallest absolute Gasteiger partial charge is 0.188 e. The monoisotopic (exact) mass is 357 g/mol. The third-order valence-electron chi connectivity index (χ3n) is 3.59. The van der Waals surface area contributed by atoms with Gasteiger partial charge in [0.1, 0.15) is 30.4 Å². The van der Waals surface area contributed by atoms with Gasteiger partial charge in [-0.25, -0.2) is 9.67 Å². The summed E-state index contributed by atoms with van der Waals surface area (Å²) >= 11 is 0. The third-order valence-corrected chi connectivity index (χ3v) is 3.59. The van der Waals surface area contributed by atoms with Crippen LogP contribution in [0.15, 0.2) is 36.7 Å². The lowest BCUT2D eigenvalue weighted by Gasteiger charge is -2.05. The molecule has 0 aliphatic heterocycles. The minimum absolute atomic E-state index is 0.264. The molecule has 8 heteroatoms. The zero-order chi connectivity index (χ0) is 18.4. The van der Waals surface area contributed by atoms with Gasteiger partial charge in [-0.15, -0.1) is 5.10 Å². The van der Waals surface area contributed by atoms with Crippen molar-refractivity contribution >= 4 is 0 Å². The Bertz CT molecular complexity index is 826. The van der Waals surface area contributed by atoms with Crippen LogP contribution in [0.25, 0.3) is 5.69 Å². The van der Waals surface area contributed by atoms with Crippen LogP contribution in [0, 0.1) is 0 Å². The average molecular weight is 357 g/mol. The van der Waals surface area contributed by atoms with Gasteiger partial charge in [-0.2, -0.15) is 5.10 Å². The molecule has 0 fully saturated rings. The Morgan fingerprint density at radius 3 is 2.31 bits per heavy atom. The summed E-state index contributed by atoms with van der Waals surface area (Å²) in [6.07, 6.45) is 3.61. The number of ether oxygens (including phenoxy) is 3. The van der Waals surface area contributed by atoms with E-state index >= 15 is 0 Å². The topological polar surface area (TPSA) is 76.2 Å². The molecule has 0 unspecified atom stereocenters. The number of aromatic nitrogens is 5. The van der Waals surface area contributed by atoms with Gasteiger partial charge in [0.25, 0.3) is 0 Å². The molecule has 0 saturated heterocycles. The highest BCUT2D eigenvalue weighted by atomic mass is 16.5. The van der Waals surface area contributed by atoms with E-state index in [1.165, 1.54) is 0 Å². The van der Waals surface area contributed by atoms with Crippen molar-refractivity contribution in [2.75, 3.05) is 13.2 Å². The van der Waals surface area contributed by atoms with Crippen LogP contribution in [-0.2, 0) is 25.0 Å². The van der Waals surface area contributed by atoms with Crippen LogP contribution in [0.2, 0.25) is 0 Å². The first-order chi connectivity index (χ1) is 12.7. The normalized spacial score (nSPS) is 10.9. The molecule has 0 saturated carbocycles. The van der Waals surface area contributed by atoms with E-state index in [1.807, 2.05) is 51.4 Å². The lowest BCUT2D eigenvalue weighted by atomic mass is 10.3. The number of hydrogen-bond acceptors (Lipinski definition) is 6. The van der Waals surface area contributed by atoms with Crippen LogP contribution >= 0.6 is 0 Å². The molecule has 26 heavy (non-hydrogen) atoms. The first-order valence-corrected chi connectivity index (χ1v) is 8.56. The second kappa shape index (κ2) is 8.48. The predicted molar refractivity (Wildman–Crippen MR) is 95.4 cm³/mol. The van der Waals surface area contributed by atoms with E-state index in [-0.39, 0.29) is 6.61 Å². The van der Waals surface area contributed by atoms with Crippen molar-refractivity contribution in [1.82, 2.24) is 24.5 Å². The van der Waals surface area contributed by atoms with Crippen molar-refractivity contribution in [3.63, 3.8) is 0 Å². The summed E-state index contributed by atoms with van der Waals surface area (Å²) in [6, 6.07) is 7.48. The van der Waals surface area contributed by atoms with Crippen LogP contribution in [0.1, 0.15) is 25.5 Å². The fourth-order valence-electron chi connectivity index (χ4n) is 2.41. The molecule has 1 aromatic carbocycles. The fourth-order valence-corrected chi connectivity index (χ4v) is 2.41. The Hall–Kier alpha value is -2.87. The Morgan fingerprint density at radius 2 is 1.69 bits per heavy atom. The van der Waals surface area contributed by atoms with E-state index in [2.05, 4.69) is 15.2 Å². The van der Waals surface area contributed by atoms with E-state index in [4.69, 9.17) is 14.2 Å². The summed E-state index contributed by atoms with van der Waals surface area (Å²) in [4.78, 5) is 4.54. The van der Waals surface area contributed by atoms with Crippen LogP contribution in [0.5, 0.6) is 11.5 Å². The molecular formula is C18H23N5O3.